The van der Waals surface area contributed by atoms with E-state index in [0.29, 0.717) is 5.02 Å². The number of hydrogen-bond acceptors (Lipinski definition) is 1. The molecule has 0 saturated heterocycles. The van der Waals surface area contributed by atoms with Gasteiger partial charge in [-0.25, -0.2) is 0 Å². The van der Waals surface area contributed by atoms with Crippen molar-refractivity contribution in [2.24, 2.45) is 0 Å². The molecule has 1 aromatic rings. The molecule has 1 N–H and O–H groups in total. The summed E-state index contributed by atoms with van der Waals surface area (Å²) in [7, 11) is 0. The Morgan fingerprint density at radius 1 is 1.54 bits per heavy atom. The van der Waals surface area contributed by atoms with Crippen molar-refractivity contribution in [1.82, 2.24) is 0 Å². The third kappa shape index (κ3) is 2.70. The van der Waals surface area contributed by atoms with Crippen molar-refractivity contribution in [3.63, 3.8) is 0 Å². The van der Waals surface area contributed by atoms with Crippen molar-refractivity contribution in [2.75, 3.05) is 0 Å². The van der Waals surface area contributed by atoms with Gasteiger partial charge in [0.05, 0.1) is 6.10 Å². The Morgan fingerprint density at radius 2 is 2.23 bits per heavy atom. The van der Waals surface area contributed by atoms with Crippen molar-refractivity contribution in [2.45, 2.75) is 25.9 Å². The molecule has 0 fully saturated rings. The highest BCUT2D eigenvalue weighted by atomic mass is 79.9. The van der Waals surface area contributed by atoms with Crippen molar-refractivity contribution in [3.05, 3.63) is 33.3 Å². The Balaban J connectivity index is 2.98. The second kappa shape index (κ2) is 4.99. The molecule has 0 aliphatic rings. The average Bonchev–Trinajstić information content (AvgIpc) is 2.04. The van der Waals surface area contributed by atoms with Crippen molar-refractivity contribution >= 4 is 27.5 Å². The summed E-state index contributed by atoms with van der Waals surface area (Å²) in [6, 6.07) is 5.54. The quantitative estimate of drug-likeness (QED) is 0.876. The molecule has 0 aliphatic carbocycles. The van der Waals surface area contributed by atoms with Crippen LogP contribution in [0.1, 0.15) is 31.4 Å². The van der Waals surface area contributed by atoms with Gasteiger partial charge in [-0.2, -0.15) is 0 Å². The van der Waals surface area contributed by atoms with Crippen molar-refractivity contribution in [1.29, 1.82) is 0 Å². The molecule has 0 saturated carbocycles. The van der Waals surface area contributed by atoms with Gasteiger partial charge in [-0.15, -0.1) is 0 Å². The van der Waals surface area contributed by atoms with Crippen LogP contribution < -0.4 is 0 Å². The van der Waals surface area contributed by atoms with Crippen LogP contribution in [0.2, 0.25) is 5.02 Å². The second-order valence-electron chi connectivity index (χ2n) is 2.94. The number of halogens is 2. The molecule has 0 heterocycles. The third-order valence-electron chi connectivity index (χ3n) is 1.90. The topological polar surface area (TPSA) is 20.2 Å². The molecule has 0 bridgehead atoms. The summed E-state index contributed by atoms with van der Waals surface area (Å²) >= 11 is 9.34. The number of aliphatic hydroxyl groups is 1. The smallest absolute Gasteiger partial charge is 0.0815 e. The minimum atomic E-state index is -0.465. The maximum absolute atomic E-state index is 9.77. The Kier molecular flexibility index (Phi) is 4.23. The molecule has 3 heteroatoms. The van der Waals surface area contributed by atoms with E-state index in [1.165, 1.54) is 0 Å². The van der Waals surface area contributed by atoms with Crippen LogP contribution in [0.15, 0.2) is 22.7 Å². The van der Waals surface area contributed by atoms with Crippen LogP contribution in [0.5, 0.6) is 0 Å². The van der Waals surface area contributed by atoms with E-state index in [2.05, 4.69) is 15.9 Å². The molecule has 0 radical (unpaired) electrons. The Morgan fingerprint density at radius 3 is 2.77 bits per heavy atom. The molecule has 0 amide bonds. The van der Waals surface area contributed by atoms with Gasteiger partial charge < -0.3 is 5.11 Å². The van der Waals surface area contributed by atoms with Gasteiger partial charge in [0.1, 0.15) is 0 Å². The first kappa shape index (κ1) is 11.0. The van der Waals surface area contributed by atoms with Gasteiger partial charge in [0.15, 0.2) is 0 Å². The minimum Gasteiger partial charge on any atom is -0.388 e. The maximum atomic E-state index is 9.77. The molecule has 1 rings (SSSR count). The molecule has 1 unspecified atom stereocenters. The van der Waals surface area contributed by atoms with E-state index >= 15 is 0 Å². The molecule has 1 nitrogen and oxygen atoms in total. The Hall–Kier alpha value is -0.0500. The summed E-state index contributed by atoms with van der Waals surface area (Å²) in [6.07, 6.45) is 1.22. The molecular weight excluding hydrogens is 251 g/mol. The van der Waals surface area contributed by atoms with Crippen LogP contribution in [0.4, 0.5) is 0 Å². The van der Waals surface area contributed by atoms with Gasteiger partial charge in [0.25, 0.3) is 0 Å². The second-order valence-corrected chi connectivity index (χ2v) is 4.20. The van der Waals surface area contributed by atoms with E-state index in [0.717, 1.165) is 22.9 Å². The van der Waals surface area contributed by atoms with E-state index in [1.54, 1.807) is 6.07 Å². The van der Waals surface area contributed by atoms with E-state index in [9.17, 15) is 5.11 Å². The molecular formula is C10H12BrClO. The summed E-state index contributed by atoms with van der Waals surface area (Å²) in [5.41, 5.74) is 0.797. The summed E-state index contributed by atoms with van der Waals surface area (Å²) < 4.78 is 0.876. The largest absolute Gasteiger partial charge is 0.388 e. The van der Waals surface area contributed by atoms with E-state index in [1.807, 2.05) is 19.1 Å². The Labute approximate surface area is 91.9 Å². The lowest BCUT2D eigenvalue weighted by Crippen LogP contribution is -1.98. The van der Waals surface area contributed by atoms with Crippen LogP contribution >= 0.6 is 27.5 Å². The zero-order chi connectivity index (χ0) is 9.84. The first-order chi connectivity index (χ1) is 6.16. The highest BCUT2D eigenvalue weighted by molar-refractivity contribution is 9.10. The van der Waals surface area contributed by atoms with Crippen LogP contribution in [-0.2, 0) is 0 Å². The number of rotatable bonds is 3. The van der Waals surface area contributed by atoms with Gasteiger partial charge >= 0.3 is 0 Å². The lowest BCUT2D eigenvalue weighted by Gasteiger charge is -2.13. The summed E-state index contributed by atoms with van der Waals surface area (Å²) in [5, 5.41) is 10.4. The predicted octanol–water partition coefficient (Wildman–Crippen LogP) is 3.94. The zero-order valence-corrected chi connectivity index (χ0v) is 9.77. The summed E-state index contributed by atoms with van der Waals surface area (Å²) in [6.45, 7) is 2.04. The average molecular weight is 264 g/mol. The first-order valence-corrected chi connectivity index (χ1v) is 5.46. The van der Waals surface area contributed by atoms with Gasteiger partial charge in [0, 0.05) is 15.1 Å². The monoisotopic (exact) mass is 262 g/mol. The van der Waals surface area contributed by atoms with E-state index in [4.69, 9.17) is 11.6 Å². The molecule has 72 valence electrons. The highest BCUT2D eigenvalue weighted by Crippen LogP contribution is 2.32. The van der Waals surface area contributed by atoms with Crippen molar-refractivity contribution < 1.29 is 5.11 Å². The van der Waals surface area contributed by atoms with E-state index < -0.39 is 6.10 Å². The molecule has 0 aromatic heterocycles. The normalized spacial score (nSPS) is 12.9. The molecule has 13 heavy (non-hydrogen) atoms. The lowest BCUT2D eigenvalue weighted by atomic mass is 10.1. The number of benzene rings is 1. The van der Waals surface area contributed by atoms with Crippen LogP contribution in [0.3, 0.4) is 0 Å². The molecule has 0 spiro atoms. The fourth-order valence-electron chi connectivity index (χ4n) is 1.25. The molecule has 0 aliphatic heterocycles. The number of hydrogen-bond donors (Lipinski definition) is 1. The minimum absolute atomic E-state index is 0.465. The van der Waals surface area contributed by atoms with Gasteiger partial charge in [-0.05, 0) is 18.6 Å². The Bertz CT molecular complexity index is 268. The standard InChI is InChI=1S/C10H12BrClO/c1-2-4-9(13)10-7(11)5-3-6-8(10)12/h3,5-6,9,13H,2,4H2,1H3. The summed E-state index contributed by atoms with van der Waals surface area (Å²) in [4.78, 5) is 0. The lowest BCUT2D eigenvalue weighted by molar-refractivity contribution is 0.166. The van der Waals surface area contributed by atoms with Gasteiger partial charge in [0.2, 0.25) is 0 Å². The maximum Gasteiger partial charge on any atom is 0.0815 e. The fourth-order valence-corrected chi connectivity index (χ4v) is 2.29. The first-order valence-electron chi connectivity index (χ1n) is 4.28. The predicted molar refractivity (Wildman–Crippen MR) is 59.0 cm³/mol. The molecule has 1 atom stereocenters. The molecule has 1 aromatic carbocycles. The number of aliphatic hydroxyl groups excluding tert-OH is 1. The van der Waals surface area contributed by atoms with Gasteiger partial charge in [-0.1, -0.05) is 46.9 Å². The van der Waals surface area contributed by atoms with Gasteiger partial charge in [-0.3, -0.25) is 0 Å². The van der Waals surface area contributed by atoms with E-state index in [-0.39, 0.29) is 0 Å². The van der Waals surface area contributed by atoms with Crippen LogP contribution in [-0.4, -0.2) is 5.11 Å². The zero-order valence-electron chi connectivity index (χ0n) is 7.43. The highest BCUT2D eigenvalue weighted by Gasteiger charge is 2.13. The SMILES string of the molecule is CCCC(O)c1c(Cl)cccc1Br. The van der Waals surface area contributed by atoms with Crippen LogP contribution in [0.25, 0.3) is 0 Å². The summed E-state index contributed by atoms with van der Waals surface area (Å²) in [5.74, 6) is 0. The van der Waals surface area contributed by atoms with Crippen LogP contribution in [0, 0.1) is 0 Å². The van der Waals surface area contributed by atoms with Crippen molar-refractivity contribution in [3.8, 4) is 0 Å². The fraction of sp³-hybridized carbons (Fsp3) is 0.400. The third-order valence-corrected chi connectivity index (χ3v) is 2.92.